The third-order valence-corrected chi connectivity index (χ3v) is 2.32. The monoisotopic (exact) mass is 161 g/mol. The van der Waals surface area contributed by atoms with Gasteiger partial charge in [-0.05, 0) is 11.6 Å². The number of hydrogen-bond acceptors (Lipinski definition) is 2. The zero-order valence-corrected chi connectivity index (χ0v) is 6.36. The molecule has 1 fully saturated rings. The molecule has 3 aliphatic rings. The van der Waals surface area contributed by atoms with Gasteiger partial charge in [-0.3, -0.25) is 9.63 Å². The predicted octanol–water partition coefficient (Wildman–Crippen LogP) is 0.889. The van der Waals surface area contributed by atoms with E-state index in [0.717, 1.165) is 12.1 Å². The van der Waals surface area contributed by atoms with Crippen LogP contribution in [-0.2, 0) is 16.1 Å². The number of carbonyl (C=O) groups is 1. The molecule has 3 nitrogen and oxygen atoms in total. The number of hydrogen-bond donors (Lipinski definition) is 0. The van der Waals surface area contributed by atoms with Gasteiger partial charge in [-0.15, -0.1) is 0 Å². The Kier molecular flexibility index (Phi) is 0.966. The van der Waals surface area contributed by atoms with Gasteiger partial charge in [0.25, 0.3) is 5.91 Å². The normalized spacial score (nSPS) is 24.8. The summed E-state index contributed by atoms with van der Waals surface area (Å²) in [5.74, 6) is 0.0914. The van der Waals surface area contributed by atoms with Gasteiger partial charge in [0.05, 0.1) is 5.69 Å². The maximum atomic E-state index is 11.2. The van der Waals surface area contributed by atoms with Crippen LogP contribution in [0.25, 0.3) is 0 Å². The van der Waals surface area contributed by atoms with Crippen LogP contribution in [-0.4, -0.2) is 12.0 Å². The first-order valence-corrected chi connectivity index (χ1v) is 3.95. The first-order chi connectivity index (χ1) is 5.86. The lowest BCUT2D eigenvalue weighted by atomic mass is 9.98. The molecule has 0 aromatic heterocycles. The maximum absolute atomic E-state index is 11.2. The van der Waals surface area contributed by atoms with Crippen LogP contribution in [0.15, 0.2) is 24.3 Å². The number of benzene rings is 1. The van der Waals surface area contributed by atoms with Crippen LogP contribution in [0, 0.1) is 0 Å². The third-order valence-electron chi connectivity index (χ3n) is 2.32. The Morgan fingerprint density at radius 2 is 2.25 bits per heavy atom. The van der Waals surface area contributed by atoms with Crippen molar-refractivity contribution < 1.29 is 9.63 Å². The first-order valence-electron chi connectivity index (χ1n) is 3.95. The van der Waals surface area contributed by atoms with Crippen molar-refractivity contribution in [1.82, 2.24) is 0 Å². The zero-order valence-electron chi connectivity index (χ0n) is 6.36. The number of anilines is 1. The van der Waals surface area contributed by atoms with Crippen LogP contribution in [0.3, 0.4) is 0 Å². The fraction of sp³-hybridized carbons (Fsp3) is 0.222. The molecule has 3 heterocycles. The highest BCUT2D eigenvalue weighted by Crippen LogP contribution is 2.36. The first kappa shape index (κ1) is 6.20. The Morgan fingerprint density at radius 3 is 3.08 bits per heavy atom. The van der Waals surface area contributed by atoms with Crippen LogP contribution in [0.4, 0.5) is 5.69 Å². The molecule has 1 atom stereocenters. The van der Waals surface area contributed by atoms with Crippen LogP contribution in [0.5, 0.6) is 0 Å². The van der Waals surface area contributed by atoms with Gasteiger partial charge >= 0.3 is 0 Å². The van der Waals surface area contributed by atoms with E-state index in [1.807, 2.05) is 24.3 Å². The van der Waals surface area contributed by atoms with Gasteiger partial charge in [0.1, 0.15) is 0 Å². The Labute approximate surface area is 69.5 Å². The van der Waals surface area contributed by atoms with Gasteiger partial charge in [-0.2, -0.15) is 5.06 Å². The number of rotatable bonds is 0. The fourth-order valence-electron chi connectivity index (χ4n) is 1.69. The van der Waals surface area contributed by atoms with Crippen molar-refractivity contribution in [2.75, 3.05) is 5.06 Å². The van der Waals surface area contributed by atoms with Gasteiger partial charge in [-0.25, -0.2) is 0 Å². The van der Waals surface area contributed by atoms with Crippen LogP contribution >= 0.6 is 0 Å². The molecular formula is C9H7NO2. The Balaban J connectivity index is 2.18. The average Bonchev–Trinajstić information content (AvgIpc) is 2.16. The van der Waals surface area contributed by atoms with E-state index in [9.17, 15) is 4.79 Å². The number of hydroxylamine groups is 1. The maximum Gasteiger partial charge on any atom is 0.283 e. The van der Waals surface area contributed by atoms with E-state index in [2.05, 4.69) is 0 Å². The largest absolute Gasteiger partial charge is 0.283 e. The highest BCUT2D eigenvalue weighted by atomic mass is 16.7. The molecule has 3 heteroatoms. The second-order valence-electron chi connectivity index (χ2n) is 3.06. The Bertz CT molecular complexity index is 361. The summed E-state index contributed by atoms with van der Waals surface area (Å²) in [4.78, 5) is 16.4. The highest BCUT2D eigenvalue weighted by Gasteiger charge is 2.45. The van der Waals surface area contributed by atoms with E-state index >= 15 is 0 Å². The average molecular weight is 161 g/mol. The third kappa shape index (κ3) is 0.576. The summed E-state index contributed by atoms with van der Waals surface area (Å²) in [7, 11) is 0. The van der Waals surface area contributed by atoms with Crippen LogP contribution in [0.2, 0.25) is 0 Å². The van der Waals surface area contributed by atoms with Crippen molar-refractivity contribution >= 4 is 11.6 Å². The molecule has 0 aliphatic carbocycles. The molecule has 1 saturated heterocycles. The summed E-state index contributed by atoms with van der Waals surface area (Å²) in [6.07, 6.45) is 0.519. The molecule has 0 spiro atoms. The van der Waals surface area contributed by atoms with Crippen molar-refractivity contribution in [1.29, 1.82) is 0 Å². The van der Waals surface area contributed by atoms with Crippen molar-refractivity contribution in [3.63, 3.8) is 0 Å². The molecule has 0 saturated carbocycles. The van der Waals surface area contributed by atoms with E-state index in [1.165, 1.54) is 10.6 Å². The molecule has 0 radical (unpaired) electrons. The quantitative estimate of drug-likeness (QED) is 0.565. The number of nitrogens with zero attached hydrogens (tertiary/aromatic N) is 1. The lowest BCUT2D eigenvalue weighted by Crippen LogP contribution is -2.58. The number of carbonyl (C=O) groups excluding carboxylic acids is 1. The summed E-state index contributed by atoms with van der Waals surface area (Å²) in [6, 6.07) is 7.83. The minimum absolute atomic E-state index is 0.0914. The van der Waals surface area contributed by atoms with Gasteiger partial charge in [0, 0.05) is 6.42 Å². The smallest absolute Gasteiger partial charge is 0.269 e. The Morgan fingerprint density at radius 1 is 1.42 bits per heavy atom. The summed E-state index contributed by atoms with van der Waals surface area (Å²) >= 11 is 0. The molecule has 1 aromatic rings. The van der Waals surface area contributed by atoms with E-state index < -0.39 is 0 Å². The summed E-state index contributed by atoms with van der Waals surface area (Å²) in [6.45, 7) is 0. The van der Waals surface area contributed by atoms with Gasteiger partial charge in [-0.1, -0.05) is 18.2 Å². The second-order valence-corrected chi connectivity index (χ2v) is 3.06. The lowest BCUT2D eigenvalue weighted by molar-refractivity contribution is -0.162. The fourth-order valence-corrected chi connectivity index (χ4v) is 1.69. The summed E-state index contributed by atoms with van der Waals surface area (Å²) < 4.78 is 0. The molecule has 3 aliphatic heterocycles. The van der Waals surface area contributed by atoms with Crippen molar-refractivity contribution in [3.8, 4) is 0 Å². The van der Waals surface area contributed by atoms with Gasteiger partial charge in [0.2, 0.25) is 0 Å². The minimum atomic E-state index is -0.208. The minimum Gasteiger partial charge on any atom is -0.269 e. The molecule has 4 rings (SSSR count). The van der Waals surface area contributed by atoms with Crippen molar-refractivity contribution in [2.45, 2.75) is 12.5 Å². The summed E-state index contributed by atoms with van der Waals surface area (Å²) in [5.41, 5.74) is 2.11. The van der Waals surface area contributed by atoms with Gasteiger partial charge in [0.15, 0.2) is 6.10 Å². The molecule has 1 unspecified atom stereocenters. The number of amides is 1. The van der Waals surface area contributed by atoms with Gasteiger partial charge < -0.3 is 0 Å². The molecule has 60 valence electrons. The molecule has 1 amide bonds. The van der Waals surface area contributed by atoms with Crippen molar-refractivity contribution in [2.24, 2.45) is 0 Å². The lowest BCUT2D eigenvalue weighted by Gasteiger charge is -2.42. The van der Waals surface area contributed by atoms with E-state index in [4.69, 9.17) is 4.84 Å². The molecule has 12 heavy (non-hydrogen) atoms. The molecule has 0 N–H and O–H groups in total. The molecule has 2 bridgehead atoms. The molecular weight excluding hydrogens is 154 g/mol. The van der Waals surface area contributed by atoms with E-state index in [-0.39, 0.29) is 12.0 Å². The standard InChI is InChI=1S/C9H7NO2/c11-9-8-5-6-3-1-2-4-7(6)10(9)12-8/h1-4,8H,5H2. The topological polar surface area (TPSA) is 29.5 Å². The van der Waals surface area contributed by atoms with Crippen LogP contribution in [0.1, 0.15) is 5.56 Å². The van der Waals surface area contributed by atoms with E-state index in [1.54, 1.807) is 0 Å². The predicted molar refractivity (Wildman–Crippen MR) is 42.5 cm³/mol. The SMILES string of the molecule is O=C1C2Cc3ccccc3N1O2. The van der Waals surface area contributed by atoms with Crippen molar-refractivity contribution in [3.05, 3.63) is 29.8 Å². The highest BCUT2D eigenvalue weighted by molar-refractivity contribution is 6.02. The summed E-state index contributed by atoms with van der Waals surface area (Å²) in [5, 5.41) is 1.38. The molecule has 1 aromatic carbocycles. The van der Waals surface area contributed by atoms with Crippen LogP contribution < -0.4 is 5.06 Å². The second kappa shape index (κ2) is 1.87. The zero-order chi connectivity index (χ0) is 8.13. The number of para-hydroxylation sites is 1. The Hall–Kier alpha value is -1.35. The van der Waals surface area contributed by atoms with E-state index in [0.29, 0.717) is 0 Å².